The van der Waals surface area contributed by atoms with Gasteiger partial charge in [-0.2, -0.15) is 0 Å². The molecular weight excluding hydrogens is 439 g/mol. The van der Waals surface area contributed by atoms with Crippen molar-refractivity contribution in [2.24, 2.45) is 0 Å². The van der Waals surface area contributed by atoms with E-state index in [0.717, 1.165) is 4.90 Å². The van der Waals surface area contributed by atoms with Crippen LogP contribution in [-0.2, 0) is 28.7 Å². The smallest absolute Gasteiger partial charge is 0.543 e. The third kappa shape index (κ3) is 5.07. The van der Waals surface area contributed by atoms with Gasteiger partial charge in [-0.1, -0.05) is 18.2 Å². The Morgan fingerprint density at radius 3 is 2.55 bits per heavy atom. The average Bonchev–Trinajstić information content (AvgIpc) is 2.74. The van der Waals surface area contributed by atoms with E-state index in [0.29, 0.717) is 5.75 Å². The van der Waals surface area contributed by atoms with Crippen molar-refractivity contribution >= 4 is 35.5 Å². The fraction of sp³-hybridized carbons (Fsp3) is 0.368. The van der Waals surface area contributed by atoms with Gasteiger partial charge in [0.25, 0.3) is 17.5 Å². The number of esters is 1. The van der Waals surface area contributed by atoms with Crippen molar-refractivity contribution in [2.45, 2.75) is 18.0 Å². The van der Waals surface area contributed by atoms with Gasteiger partial charge in [-0.3, -0.25) is 19.3 Å². The predicted octanol–water partition coefficient (Wildman–Crippen LogP) is -3.99. The van der Waals surface area contributed by atoms with Crippen LogP contribution < -0.4 is 44.7 Å². The molecule has 31 heavy (non-hydrogen) atoms. The van der Waals surface area contributed by atoms with E-state index < -0.39 is 34.9 Å². The summed E-state index contributed by atoms with van der Waals surface area (Å²) in [6, 6.07) is 8.64. The van der Waals surface area contributed by atoms with Gasteiger partial charge in [-0.15, -0.1) is 11.8 Å². The number of rotatable bonds is 8. The third-order valence-electron chi connectivity index (χ3n) is 4.51. The molecule has 0 aliphatic carbocycles. The molecule has 0 saturated carbocycles. The summed E-state index contributed by atoms with van der Waals surface area (Å²) < 4.78 is 15.6. The van der Waals surface area contributed by atoms with Crippen molar-refractivity contribution < 1.29 is 68.1 Å². The van der Waals surface area contributed by atoms with Gasteiger partial charge in [0, 0.05) is 25.4 Å². The fourth-order valence-electron chi connectivity index (χ4n) is 3.14. The molecular formula is C19H19N2NaO8S. The molecule has 2 heterocycles. The quantitative estimate of drug-likeness (QED) is 0.179. The van der Waals surface area contributed by atoms with E-state index in [1.54, 1.807) is 30.3 Å². The molecule has 0 radical (unpaired) electrons. The summed E-state index contributed by atoms with van der Waals surface area (Å²) in [4.78, 5) is 48.9. The number of nitrogens with zero attached hydrogens (tertiary/aromatic N) is 1. The second kappa shape index (κ2) is 10.5. The number of nitrogens with one attached hydrogen (secondary N) is 1. The summed E-state index contributed by atoms with van der Waals surface area (Å²) in [5.74, 6) is -2.93. The number of hydrogen-bond acceptors (Lipinski definition) is 9. The topological polar surface area (TPSA) is 134 Å². The molecule has 10 nitrogen and oxygen atoms in total. The molecule has 0 bridgehead atoms. The van der Waals surface area contributed by atoms with Gasteiger partial charge < -0.3 is 29.4 Å². The number of carbonyl (C=O) groups excluding carboxylic acids is 4. The molecule has 1 N–H and O–H groups in total. The van der Waals surface area contributed by atoms with Crippen molar-refractivity contribution in [1.82, 2.24) is 10.2 Å². The number of carbonyl (C=O) groups is 4. The van der Waals surface area contributed by atoms with Crippen LogP contribution in [0.1, 0.15) is 6.92 Å². The molecule has 0 spiro atoms. The van der Waals surface area contributed by atoms with Crippen molar-refractivity contribution in [2.75, 3.05) is 26.1 Å². The van der Waals surface area contributed by atoms with Crippen molar-refractivity contribution in [3.05, 3.63) is 41.6 Å². The molecule has 12 heteroatoms. The summed E-state index contributed by atoms with van der Waals surface area (Å²) in [6.07, 6.45) is 0. The first kappa shape index (κ1) is 25.2. The first-order chi connectivity index (χ1) is 14.3. The maximum absolute atomic E-state index is 12.9. The van der Waals surface area contributed by atoms with Crippen molar-refractivity contribution in [3.8, 4) is 5.75 Å². The molecule has 1 saturated heterocycles. The van der Waals surface area contributed by atoms with Crippen LogP contribution in [-0.4, -0.2) is 65.8 Å². The zero-order valence-corrected chi connectivity index (χ0v) is 20.0. The monoisotopic (exact) mass is 458 g/mol. The van der Waals surface area contributed by atoms with Gasteiger partial charge in [0.2, 0.25) is 0 Å². The molecule has 1 aromatic carbocycles. The number of carboxylic acids is 1. The SMILES string of the molecule is CO[C@]1(NC(=O)COc2ccccc2)C(=O)N2C(C(=O)[O-])=C(COC(C)=O)CS[C@@H]21.[Na+]. The molecule has 3 rings (SSSR count). The molecule has 1 aromatic rings. The number of aliphatic carboxylic acids is 1. The number of amides is 2. The Balaban J connectivity index is 0.00000341. The Kier molecular flexibility index (Phi) is 8.55. The number of methoxy groups -OCH3 is 1. The van der Waals surface area contributed by atoms with Crippen LogP contribution in [0.15, 0.2) is 41.6 Å². The molecule has 2 amide bonds. The van der Waals surface area contributed by atoms with Crippen molar-refractivity contribution in [1.29, 1.82) is 0 Å². The standard InChI is InChI=1S/C19H20N2O8S.Na/c1-11(22)28-8-12-10-30-18-19(27-2,17(26)21(18)15(12)16(24)25)20-14(23)9-29-13-6-4-3-5-7-13;/h3-7,18H,8-10H2,1-2H3,(H,20,23)(H,24,25);/q;+1/p-1/t18-,19-;/m1./s1. The van der Waals surface area contributed by atoms with Gasteiger partial charge in [0.1, 0.15) is 17.7 Å². The van der Waals surface area contributed by atoms with Crippen LogP contribution in [0.2, 0.25) is 0 Å². The summed E-state index contributed by atoms with van der Waals surface area (Å²) in [7, 11) is 1.24. The Morgan fingerprint density at radius 2 is 1.97 bits per heavy atom. The number of ether oxygens (including phenoxy) is 3. The number of thioether (sulfide) groups is 1. The molecule has 160 valence electrons. The second-order valence-corrected chi connectivity index (χ2v) is 7.52. The number of fused-ring (bicyclic) bond motifs is 1. The first-order valence-corrected chi connectivity index (χ1v) is 9.91. The van der Waals surface area contributed by atoms with Crippen LogP contribution in [0, 0.1) is 0 Å². The Bertz CT molecular complexity index is 909. The molecule has 2 atom stereocenters. The third-order valence-corrected chi connectivity index (χ3v) is 5.89. The zero-order valence-electron chi connectivity index (χ0n) is 17.2. The van der Waals surface area contributed by atoms with Gasteiger partial charge in [-0.25, -0.2) is 0 Å². The van der Waals surface area contributed by atoms with E-state index in [9.17, 15) is 24.3 Å². The maximum atomic E-state index is 12.9. The average molecular weight is 458 g/mol. The second-order valence-electron chi connectivity index (χ2n) is 6.45. The summed E-state index contributed by atoms with van der Waals surface area (Å²) in [5, 5.41) is 13.3. The Morgan fingerprint density at radius 1 is 1.29 bits per heavy atom. The van der Waals surface area contributed by atoms with Crippen molar-refractivity contribution in [3.63, 3.8) is 0 Å². The normalized spacial score (nSPS) is 21.9. The number of hydrogen-bond donors (Lipinski definition) is 1. The van der Waals surface area contributed by atoms with E-state index in [2.05, 4.69) is 5.32 Å². The number of benzene rings is 1. The maximum Gasteiger partial charge on any atom is 1.00 e. The van der Waals surface area contributed by atoms with Gasteiger partial charge in [0.15, 0.2) is 6.61 Å². The number of para-hydroxylation sites is 1. The van der Waals surface area contributed by atoms with Gasteiger partial charge in [0.05, 0.1) is 11.7 Å². The minimum atomic E-state index is -1.74. The number of carboxylic acid groups (broad SMARTS) is 1. The van der Waals surface area contributed by atoms with Crippen LogP contribution >= 0.6 is 11.8 Å². The molecule has 2 aliphatic rings. The molecule has 0 aromatic heterocycles. The van der Waals surface area contributed by atoms with Crippen LogP contribution in [0.4, 0.5) is 0 Å². The van der Waals surface area contributed by atoms with Crippen LogP contribution in [0.3, 0.4) is 0 Å². The van der Waals surface area contributed by atoms with E-state index in [1.165, 1.54) is 25.8 Å². The Hall–Kier alpha value is -2.05. The van der Waals surface area contributed by atoms with Crippen LogP contribution in [0.5, 0.6) is 5.75 Å². The van der Waals surface area contributed by atoms with Gasteiger partial charge in [-0.05, 0) is 12.1 Å². The largest absolute Gasteiger partial charge is 1.00 e. The molecule has 1 fully saturated rings. The van der Waals surface area contributed by atoms with E-state index >= 15 is 0 Å². The van der Waals surface area contributed by atoms with E-state index in [4.69, 9.17) is 14.2 Å². The summed E-state index contributed by atoms with van der Waals surface area (Å²) in [6.45, 7) is 0.551. The number of β-lactam (4-membered cyclic amide) rings is 1. The fourth-order valence-corrected chi connectivity index (χ4v) is 4.56. The summed E-state index contributed by atoms with van der Waals surface area (Å²) >= 11 is 1.17. The first-order valence-electron chi connectivity index (χ1n) is 8.86. The summed E-state index contributed by atoms with van der Waals surface area (Å²) in [5.41, 5.74) is -1.90. The van der Waals surface area contributed by atoms with Crippen LogP contribution in [0.25, 0.3) is 0 Å². The minimum absolute atomic E-state index is 0. The van der Waals surface area contributed by atoms with E-state index in [-0.39, 0.29) is 59.8 Å². The molecule has 2 aliphatic heterocycles. The predicted molar refractivity (Wildman–Crippen MR) is 102 cm³/mol. The minimum Gasteiger partial charge on any atom is -0.543 e. The molecule has 0 unspecified atom stereocenters. The van der Waals surface area contributed by atoms with Gasteiger partial charge >= 0.3 is 35.5 Å². The van der Waals surface area contributed by atoms with E-state index in [1.807, 2.05) is 0 Å². The Labute approximate surface area is 204 Å². The zero-order chi connectivity index (χ0) is 21.9.